The second-order valence-corrected chi connectivity index (χ2v) is 6.74. The van der Waals surface area contributed by atoms with E-state index in [0.29, 0.717) is 12.5 Å². The summed E-state index contributed by atoms with van der Waals surface area (Å²) in [5, 5.41) is 9.05. The molecule has 0 saturated carbocycles. The average molecular weight is 333 g/mol. The predicted molar refractivity (Wildman–Crippen MR) is 77.2 cm³/mol. The molecular weight excluding hydrogens is 316 g/mol. The highest BCUT2D eigenvalue weighted by Gasteiger charge is 2.34. The zero-order valence-corrected chi connectivity index (χ0v) is 13.0. The van der Waals surface area contributed by atoms with Gasteiger partial charge in [0.1, 0.15) is 6.04 Å². The molecule has 0 aliphatic rings. The first-order chi connectivity index (χ1) is 9.95. The van der Waals surface area contributed by atoms with Crippen LogP contribution in [0, 0.1) is 0 Å². The van der Waals surface area contributed by atoms with Gasteiger partial charge in [0.2, 0.25) is 10.0 Å². The van der Waals surface area contributed by atoms with Crippen molar-refractivity contribution in [3.63, 3.8) is 0 Å². The molecule has 0 aromatic heterocycles. The number of carboxylic acid groups (broad SMARTS) is 1. The Kier molecular flexibility index (Phi) is 5.42. The van der Waals surface area contributed by atoms with E-state index in [1.165, 1.54) is 12.1 Å². The minimum Gasteiger partial charge on any atom is -0.480 e. The predicted octanol–water partition coefficient (Wildman–Crippen LogP) is 2.50. The molecule has 22 heavy (non-hydrogen) atoms. The summed E-state index contributed by atoms with van der Waals surface area (Å²) in [7, 11) is -4.42. The van der Waals surface area contributed by atoms with Gasteiger partial charge in [0.15, 0.2) is 0 Å². The summed E-state index contributed by atoms with van der Waals surface area (Å²) in [5.74, 6) is -4.79. The number of halogens is 2. The highest BCUT2D eigenvalue weighted by Crippen LogP contribution is 2.32. The maximum atomic E-state index is 13.5. The van der Waals surface area contributed by atoms with Crippen molar-refractivity contribution in [1.29, 1.82) is 0 Å². The summed E-state index contributed by atoms with van der Waals surface area (Å²) in [6, 6.07) is 3.10. The van der Waals surface area contributed by atoms with Crippen LogP contribution in [0.3, 0.4) is 0 Å². The van der Waals surface area contributed by atoms with E-state index in [0.717, 1.165) is 12.1 Å². The fourth-order valence-corrected chi connectivity index (χ4v) is 3.32. The number of hydrogen-bond acceptors (Lipinski definition) is 3. The Labute approximate surface area is 127 Å². The molecule has 0 bridgehead atoms. The molecule has 5 nitrogen and oxygen atoms in total. The summed E-state index contributed by atoms with van der Waals surface area (Å²) < 4.78 is 53.5. The van der Waals surface area contributed by atoms with Gasteiger partial charge in [-0.1, -0.05) is 23.8 Å². The summed E-state index contributed by atoms with van der Waals surface area (Å²) in [6.07, 6.45) is -0.140. The van der Waals surface area contributed by atoms with Gasteiger partial charge in [0, 0.05) is 12.5 Å². The SMILES string of the molecule is C=C(C)CC(NS(=O)(=O)c1ccccc1C(C)(F)F)C(=O)O. The third-order valence-corrected chi connectivity index (χ3v) is 4.33. The molecule has 8 heteroatoms. The van der Waals surface area contributed by atoms with Gasteiger partial charge in [-0.15, -0.1) is 6.58 Å². The first-order valence-electron chi connectivity index (χ1n) is 6.32. The molecule has 0 aliphatic heterocycles. The highest BCUT2D eigenvalue weighted by atomic mass is 32.2. The molecule has 2 N–H and O–H groups in total. The Morgan fingerprint density at radius 1 is 1.41 bits per heavy atom. The van der Waals surface area contributed by atoms with Crippen molar-refractivity contribution in [2.45, 2.75) is 37.1 Å². The summed E-state index contributed by atoms with van der Waals surface area (Å²) in [5.41, 5.74) is -0.244. The van der Waals surface area contributed by atoms with Crippen LogP contribution in [0.2, 0.25) is 0 Å². The molecule has 0 fully saturated rings. The van der Waals surface area contributed by atoms with Crippen molar-refractivity contribution in [1.82, 2.24) is 4.72 Å². The van der Waals surface area contributed by atoms with Crippen LogP contribution in [0.4, 0.5) is 8.78 Å². The van der Waals surface area contributed by atoms with Crippen LogP contribution in [0.1, 0.15) is 25.8 Å². The van der Waals surface area contributed by atoms with Crippen LogP contribution in [0.25, 0.3) is 0 Å². The lowest BCUT2D eigenvalue weighted by molar-refractivity contribution is -0.138. The fourth-order valence-electron chi connectivity index (χ4n) is 1.84. The smallest absolute Gasteiger partial charge is 0.322 e. The van der Waals surface area contributed by atoms with Crippen molar-refractivity contribution in [3.8, 4) is 0 Å². The first kappa shape index (κ1) is 18.2. The number of carbonyl (C=O) groups is 1. The molecule has 1 unspecified atom stereocenters. The Hall–Kier alpha value is -1.80. The minimum atomic E-state index is -4.42. The lowest BCUT2D eigenvalue weighted by Crippen LogP contribution is -2.41. The van der Waals surface area contributed by atoms with E-state index in [1.54, 1.807) is 6.92 Å². The number of aliphatic carboxylic acids is 1. The molecule has 0 radical (unpaired) electrons. The molecule has 1 atom stereocenters. The first-order valence-corrected chi connectivity index (χ1v) is 7.80. The lowest BCUT2D eigenvalue weighted by atomic mass is 10.1. The van der Waals surface area contributed by atoms with Gasteiger partial charge in [-0.05, 0) is 19.4 Å². The average Bonchev–Trinajstić information content (AvgIpc) is 2.36. The maximum Gasteiger partial charge on any atom is 0.322 e. The number of hydrogen-bond donors (Lipinski definition) is 2. The highest BCUT2D eigenvalue weighted by molar-refractivity contribution is 7.89. The molecule has 1 aromatic rings. The van der Waals surface area contributed by atoms with E-state index >= 15 is 0 Å². The lowest BCUT2D eigenvalue weighted by Gasteiger charge is -2.19. The molecule has 0 saturated heterocycles. The van der Waals surface area contributed by atoms with Crippen LogP contribution >= 0.6 is 0 Å². The number of alkyl halides is 2. The number of nitrogens with one attached hydrogen (secondary N) is 1. The molecule has 1 aromatic carbocycles. The van der Waals surface area contributed by atoms with Crippen LogP contribution in [0.15, 0.2) is 41.3 Å². The van der Waals surface area contributed by atoms with E-state index in [9.17, 15) is 22.0 Å². The zero-order chi connectivity index (χ0) is 17.1. The van der Waals surface area contributed by atoms with Crippen LogP contribution in [-0.4, -0.2) is 25.5 Å². The van der Waals surface area contributed by atoms with Crippen molar-refractivity contribution >= 4 is 16.0 Å². The van der Waals surface area contributed by atoms with Crippen LogP contribution in [0.5, 0.6) is 0 Å². The van der Waals surface area contributed by atoms with Gasteiger partial charge < -0.3 is 5.11 Å². The van der Waals surface area contributed by atoms with Crippen molar-refractivity contribution in [2.75, 3.05) is 0 Å². The topological polar surface area (TPSA) is 83.5 Å². The third kappa shape index (κ3) is 4.60. The molecule has 0 amide bonds. The van der Waals surface area contributed by atoms with Gasteiger partial charge >= 0.3 is 5.97 Å². The van der Waals surface area contributed by atoms with E-state index in [-0.39, 0.29) is 6.42 Å². The van der Waals surface area contributed by atoms with Crippen molar-refractivity contribution in [3.05, 3.63) is 42.0 Å². The van der Waals surface area contributed by atoms with Gasteiger partial charge in [-0.25, -0.2) is 17.2 Å². The molecule has 122 valence electrons. The van der Waals surface area contributed by atoms with Crippen molar-refractivity contribution < 1.29 is 27.1 Å². The van der Waals surface area contributed by atoms with Gasteiger partial charge in [-0.3, -0.25) is 4.79 Å². The zero-order valence-electron chi connectivity index (χ0n) is 12.1. The molecule has 1 rings (SSSR count). The number of rotatable bonds is 7. The van der Waals surface area contributed by atoms with E-state index in [4.69, 9.17) is 5.11 Å². The van der Waals surface area contributed by atoms with E-state index < -0.39 is 38.4 Å². The van der Waals surface area contributed by atoms with E-state index in [1.807, 2.05) is 4.72 Å². The van der Waals surface area contributed by atoms with Crippen molar-refractivity contribution in [2.24, 2.45) is 0 Å². The van der Waals surface area contributed by atoms with Crippen LogP contribution < -0.4 is 4.72 Å². The monoisotopic (exact) mass is 333 g/mol. The standard InChI is InChI=1S/C14H17F2NO4S/c1-9(2)8-11(13(18)19)17-22(20,21)12-7-5-4-6-10(12)14(3,15)16/h4-7,11,17H,1,8H2,2-3H3,(H,18,19). The van der Waals surface area contributed by atoms with Gasteiger partial charge in [0.05, 0.1) is 4.90 Å². The second-order valence-electron chi connectivity index (χ2n) is 5.06. The second kappa shape index (κ2) is 6.53. The molecule has 0 aliphatic carbocycles. The molecule has 0 spiro atoms. The summed E-state index contributed by atoms with van der Waals surface area (Å²) in [6.45, 7) is 5.63. The normalized spacial score (nSPS) is 13.6. The minimum absolute atomic E-state index is 0.140. The van der Waals surface area contributed by atoms with E-state index in [2.05, 4.69) is 6.58 Å². The third-order valence-electron chi connectivity index (χ3n) is 2.80. The summed E-state index contributed by atoms with van der Waals surface area (Å²) in [4.78, 5) is 10.5. The number of carboxylic acids is 1. The quantitative estimate of drug-likeness (QED) is 0.751. The maximum absolute atomic E-state index is 13.5. The van der Waals surface area contributed by atoms with Crippen LogP contribution in [-0.2, 0) is 20.7 Å². The fraction of sp³-hybridized carbons (Fsp3) is 0.357. The Morgan fingerprint density at radius 3 is 2.41 bits per heavy atom. The molecular formula is C14H17F2NO4S. The number of benzene rings is 1. The Morgan fingerprint density at radius 2 is 1.95 bits per heavy atom. The largest absolute Gasteiger partial charge is 0.480 e. The van der Waals surface area contributed by atoms with Gasteiger partial charge in [-0.2, -0.15) is 4.72 Å². The van der Waals surface area contributed by atoms with Gasteiger partial charge in [0.25, 0.3) is 5.92 Å². The molecule has 0 heterocycles. The number of sulfonamides is 1. The Bertz CT molecular complexity index is 680. The summed E-state index contributed by atoms with van der Waals surface area (Å²) >= 11 is 0. The Balaban J connectivity index is 3.25.